The molecule has 1 fully saturated rings. The fourth-order valence-corrected chi connectivity index (χ4v) is 4.60. The van der Waals surface area contributed by atoms with Gasteiger partial charge >= 0.3 is 5.97 Å². The molecule has 0 aromatic heterocycles. The third-order valence-corrected chi connectivity index (χ3v) is 5.88. The van der Waals surface area contributed by atoms with E-state index >= 15 is 0 Å². The third kappa shape index (κ3) is 3.29. The Labute approximate surface area is 159 Å². The van der Waals surface area contributed by atoms with Crippen molar-refractivity contribution in [1.82, 2.24) is 0 Å². The maximum absolute atomic E-state index is 12.3. The summed E-state index contributed by atoms with van der Waals surface area (Å²) in [5, 5.41) is 10.6. The summed E-state index contributed by atoms with van der Waals surface area (Å²) in [5.41, 5.74) is 1.95. The summed E-state index contributed by atoms with van der Waals surface area (Å²) in [6.45, 7) is 2.82. The number of esters is 1. The van der Waals surface area contributed by atoms with Crippen LogP contribution in [0, 0.1) is 0 Å². The highest BCUT2D eigenvalue weighted by Gasteiger charge is 2.49. The van der Waals surface area contributed by atoms with Crippen molar-refractivity contribution in [2.24, 2.45) is 0 Å². The number of carbonyl (C=O) groups excluding carboxylic acids is 1. The van der Waals surface area contributed by atoms with E-state index in [1.807, 2.05) is 0 Å². The maximum Gasteiger partial charge on any atom is 0.345 e. The van der Waals surface area contributed by atoms with Crippen LogP contribution < -0.4 is 4.74 Å². The predicted octanol–water partition coefficient (Wildman–Crippen LogP) is 4.03. The molecule has 3 aliphatic heterocycles. The van der Waals surface area contributed by atoms with E-state index in [-0.39, 0.29) is 23.5 Å². The molecule has 1 aromatic carbocycles. The molecule has 3 heterocycles. The van der Waals surface area contributed by atoms with Gasteiger partial charge in [0.25, 0.3) is 0 Å². The molecule has 148 valence electrons. The number of rotatable bonds is 5. The van der Waals surface area contributed by atoms with Gasteiger partial charge in [0.05, 0.1) is 25.9 Å². The van der Waals surface area contributed by atoms with Crippen LogP contribution in [0.25, 0.3) is 0 Å². The van der Waals surface area contributed by atoms with Gasteiger partial charge in [-0.1, -0.05) is 26.2 Å². The first-order valence-corrected chi connectivity index (χ1v) is 10.0. The molecule has 3 aliphatic rings. The van der Waals surface area contributed by atoms with E-state index in [0.29, 0.717) is 18.8 Å². The highest BCUT2D eigenvalue weighted by molar-refractivity contribution is 5.96. The van der Waals surface area contributed by atoms with Crippen LogP contribution in [0.3, 0.4) is 0 Å². The number of unbranched alkanes of at least 4 members (excludes halogenated alkanes) is 2. The minimum absolute atomic E-state index is 0.0730. The molecule has 1 N–H and O–H groups in total. The van der Waals surface area contributed by atoms with Gasteiger partial charge in [-0.2, -0.15) is 0 Å². The van der Waals surface area contributed by atoms with Crippen LogP contribution in [-0.2, 0) is 20.6 Å². The van der Waals surface area contributed by atoms with Crippen molar-refractivity contribution < 1.29 is 28.8 Å². The summed E-state index contributed by atoms with van der Waals surface area (Å²) in [5.74, 6) is -1.11. The number of phenols is 1. The Morgan fingerprint density at radius 3 is 2.96 bits per heavy atom. The molecule has 4 rings (SSSR count). The number of methoxy groups -OCH3 is 1. The van der Waals surface area contributed by atoms with Crippen LogP contribution >= 0.6 is 0 Å². The first kappa shape index (κ1) is 18.6. The Morgan fingerprint density at radius 1 is 1.41 bits per heavy atom. The van der Waals surface area contributed by atoms with Crippen LogP contribution in [0.5, 0.6) is 11.5 Å². The molecule has 0 bridgehead atoms. The largest absolute Gasteiger partial charge is 0.507 e. The van der Waals surface area contributed by atoms with E-state index in [9.17, 15) is 9.90 Å². The van der Waals surface area contributed by atoms with Crippen LogP contribution in [0.1, 0.15) is 79.5 Å². The molecule has 1 saturated heterocycles. The Bertz CT molecular complexity index is 722. The molecular formula is C21H28O6. The van der Waals surface area contributed by atoms with Crippen LogP contribution in [-0.4, -0.2) is 36.7 Å². The molecule has 0 unspecified atom stereocenters. The molecule has 27 heavy (non-hydrogen) atoms. The molecule has 1 spiro atoms. The fraction of sp³-hybridized carbons (Fsp3) is 0.667. The molecule has 6 nitrogen and oxygen atoms in total. The minimum atomic E-state index is -0.781. The fourth-order valence-electron chi connectivity index (χ4n) is 4.60. The van der Waals surface area contributed by atoms with Gasteiger partial charge in [0.1, 0.15) is 17.1 Å². The van der Waals surface area contributed by atoms with Gasteiger partial charge in [0, 0.05) is 18.4 Å². The summed E-state index contributed by atoms with van der Waals surface area (Å²) in [6, 6.07) is 1.68. The van der Waals surface area contributed by atoms with Gasteiger partial charge in [-0.05, 0) is 30.9 Å². The second kappa shape index (κ2) is 7.32. The highest BCUT2D eigenvalue weighted by Crippen LogP contribution is 2.53. The summed E-state index contributed by atoms with van der Waals surface area (Å²) in [4.78, 5) is 12.3. The predicted molar refractivity (Wildman–Crippen MR) is 98.1 cm³/mol. The van der Waals surface area contributed by atoms with Crippen LogP contribution in [0.4, 0.5) is 0 Å². The summed E-state index contributed by atoms with van der Waals surface area (Å²) >= 11 is 0. The van der Waals surface area contributed by atoms with E-state index in [1.54, 1.807) is 6.07 Å². The number of hydrogen-bond donors (Lipinski definition) is 1. The molecule has 6 heteroatoms. The SMILES string of the molecule is CCCCC[C@@H]1Cc2cc(O)c(C(=O)OC)c3c2[C@H](C[C@]2(CCCO2)O3)O1. The summed E-state index contributed by atoms with van der Waals surface area (Å²) in [6.07, 6.45) is 7.38. The van der Waals surface area contributed by atoms with Gasteiger partial charge in [-0.3, -0.25) is 0 Å². The Kier molecular flexibility index (Phi) is 5.03. The number of ether oxygens (including phenoxy) is 4. The zero-order chi connectivity index (χ0) is 19.0. The molecule has 0 amide bonds. The molecule has 0 radical (unpaired) electrons. The van der Waals surface area contributed by atoms with Crippen molar-refractivity contribution in [3.63, 3.8) is 0 Å². The van der Waals surface area contributed by atoms with Gasteiger partial charge in [-0.15, -0.1) is 0 Å². The topological polar surface area (TPSA) is 74.2 Å². The van der Waals surface area contributed by atoms with Gasteiger partial charge in [-0.25, -0.2) is 4.79 Å². The normalized spacial score (nSPS) is 28.7. The Hall–Kier alpha value is -1.79. The number of benzene rings is 1. The van der Waals surface area contributed by atoms with E-state index in [2.05, 4.69) is 6.92 Å². The van der Waals surface area contributed by atoms with Gasteiger partial charge in [0.15, 0.2) is 0 Å². The van der Waals surface area contributed by atoms with Crippen molar-refractivity contribution >= 4 is 5.97 Å². The lowest BCUT2D eigenvalue weighted by molar-refractivity contribution is -0.197. The number of hydrogen-bond acceptors (Lipinski definition) is 6. The lowest BCUT2D eigenvalue weighted by atomic mass is 9.84. The second-order valence-corrected chi connectivity index (χ2v) is 7.78. The van der Waals surface area contributed by atoms with E-state index < -0.39 is 11.8 Å². The summed E-state index contributed by atoms with van der Waals surface area (Å²) in [7, 11) is 1.30. The smallest absolute Gasteiger partial charge is 0.345 e. The molecule has 1 aromatic rings. The highest BCUT2D eigenvalue weighted by atomic mass is 16.7. The van der Waals surface area contributed by atoms with Gasteiger partial charge in [0.2, 0.25) is 5.79 Å². The van der Waals surface area contributed by atoms with Crippen molar-refractivity contribution in [3.8, 4) is 11.5 Å². The standard InChI is InChI=1S/C21H28O6/c1-3-4-5-7-14-10-13-11-15(22)18(20(23)24-2)19-17(13)16(26-14)12-21(27-19)8-6-9-25-21/h11,14,16,22H,3-10,12H2,1-2H3/t14-,16+,21+/m1/s1. The van der Waals surface area contributed by atoms with Crippen LogP contribution in [0.2, 0.25) is 0 Å². The zero-order valence-electron chi connectivity index (χ0n) is 16.1. The average Bonchev–Trinajstić information content (AvgIpc) is 3.08. The Balaban J connectivity index is 1.75. The van der Waals surface area contributed by atoms with E-state index in [0.717, 1.165) is 43.2 Å². The summed E-state index contributed by atoms with van der Waals surface area (Å²) < 4.78 is 23.5. The van der Waals surface area contributed by atoms with Crippen molar-refractivity contribution in [3.05, 3.63) is 22.8 Å². The maximum atomic E-state index is 12.3. The van der Waals surface area contributed by atoms with Crippen molar-refractivity contribution in [2.75, 3.05) is 13.7 Å². The third-order valence-electron chi connectivity index (χ3n) is 5.88. The van der Waals surface area contributed by atoms with E-state index in [1.165, 1.54) is 20.0 Å². The van der Waals surface area contributed by atoms with Crippen LogP contribution in [0.15, 0.2) is 6.07 Å². The first-order valence-electron chi connectivity index (χ1n) is 10.0. The second-order valence-electron chi connectivity index (χ2n) is 7.78. The Morgan fingerprint density at radius 2 is 2.26 bits per heavy atom. The lowest BCUT2D eigenvalue weighted by Crippen LogP contribution is -2.44. The monoisotopic (exact) mass is 376 g/mol. The zero-order valence-corrected chi connectivity index (χ0v) is 16.1. The van der Waals surface area contributed by atoms with Gasteiger partial charge < -0.3 is 24.1 Å². The lowest BCUT2D eigenvalue weighted by Gasteiger charge is -2.44. The minimum Gasteiger partial charge on any atom is -0.507 e. The molecule has 3 atom stereocenters. The number of phenolic OH excluding ortho intramolecular Hbond substituents is 1. The average molecular weight is 376 g/mol. The van der Waals surface area contributed by atoms with E-state index in [4.69, 9.17) is 18.9 Å². The van der Waals surface area contributed by atoms with Crippen molar-refractivity contribution in [1.29, 1.82) is 0 Å². The molecule has 0 aliphatic carbocycles. The number of carbonyl (C=O) groups is 1. The molecule has 0 saturated carbocycles. The van der Waals surface area contributed by atoms with Crippen molar-refractivity contribution in [2.45, 2.75) is 76.3 Å². The quantitative estimate of drug-likeness (QED) is 0.618. The number of aromatic hydroxyl groups is 1. The molecular weight excluding hydrogens is 348 g/mol. The first-order chi connectivity index (χ1) is 13.1.